The Kier molecular flexibility index (Phi) is 43.0. The molecule has 2 unspecified atom stereocenters. The maximum atomic E-state index is 12.8. The molecule has 0 spiro atoms. The number of esters is 2. The van der Waals surface area contributed by atoms with E-state index in [4.69, 9.17) is 14.2 Å². The number of likely N-dealkylation sites (N-methyl/N-ethyl adjacent to an activating group) is 1. The minimum atomic E-state index is -0.882. The molecule has 0 aliphatic carbocycles. The minimum Gasteiger partial charge on any atom is -0.477 e. The highest BCUT2D eigenvalue weighted by Gasteiger charge is 2.31. The number of carbonyl (C=O) groups excluding carboxylic acids is 2. The van der Waals surface area contributed by atoms with Crippen LogP contribution in [0.25, 0.3) is 0 Å². The van der Waals surface area contributed by atoms with E-state index in [9.17, 15) is 19.5 Å². The molecule has 0 rings (SSSR count). The first-order valence-corrected chi connectivity index (χ1v) is 25.6. The van der Waals surface area contributed by atoms with Crippen LogP contribution in [0.4, 0.5) is 0 Å². The van der Waals surface area contributed by atoms with Gasteiger partial charge in [-0.2, -0.15) is 0 Å². The number of quaternary nitrogens is 1. The Morgan fingerprint density at radius 2 is 0.889 bits per heavy atom. The van der Waals surface area contributed by atoms with Crippen molar-refractivity contribution in [2.24, 2.45) is 0 Å². The molecule has 0 amide bonds. The quantitative estimate of drug-likeness (QED) is 0.0281. The van der Waals surface area contributed by atoms with Crippen molar-refractivity contribution < 1.29 is 38.2 Å². The van der Waals surface area contributed by atoms with Crippen molar-refractivity contribution in [1.29, 1.82) is 0 Å². The van der Waals surface area contributed by atoms with Crippen LogP contribution in [0.2, 0.25) is 0 Å². The molecule has 0 aliphatic rings. The van der Waals surface area contributed by atoms with E-state index in [0.29, 0.717) is 19.3 Å². The van der Waals surface area contributed by atoms with Gasteiger partial charge >= 0.3 is 17.9 Å². The van der Waals surface area contributed by atoms with E-state index in [2.05, 4.69) is 26.0 Å². The van der Waals surface area contributed by atoms with E-state index in [1.165, 1.54) is 122 Å². The van der Waals surface area contributed by atoms with Crippen LogP contribution in [-0.4, -0.2) is 80.6 Å². The van der Waals surface area contributed by atoms with E-state index in [0.717, 1.165) is 51.4 Å². The maximum Gasteiger partial charge on any atom is 0.362 e. The van der Waals surface area contributed by atoms with E-state index >= 15 is 0 Å². The molecular formula is C55H96NO7+. The number of aliphatic carboxylic acids is 1. The first-order chi connectivity index (χ1) is 30.6. The average molecular weight is 883 g/mol. The Hall–Kier alpha value is -3.23. The number of carboxylic acid groups (broad SMARTS) is 1. The van der Waals surface area contributed by atoms with Crippen LogP contribution in [0.3, 0.4) is 0 Å². The Labute approximate surface area is 387 Å². The lowest BCUT2D eigenvalue weighted by Gasteiger charge is -2.31. The summed E-state index contributed by atoms with van der Waals surface area (Å²) in [6.45, 7) is 4.56. The Morgan fingerprint density at radius 1 is 0.492 bits per heavy atom. The van der Waals surface area contributed by atoms with Gasteiger partial charge < -0.3 is 23.8 Å². The summed E-state index contributed by atoms with van der Waals surface area (Å²) >= 11 is 0. The Bertz CT molecular complexity index is 1260. The van der Waals surface area contributed by atoms with Gasteiger partial charge in [0.25, 0.3) is 0 Å². The molecule has 1 N–H and O–H groups in total. The highest BCUT2D eigenvalue weighted by atomic mass is 16.6. The molecule has 0 saturated carbocycles. The molecule has 0 bridgehead atoms. The van der Waals surface area contributed by atoms with E-state index in [1.807, 2.05) is 81.9 Å². The molecule has 63 heavy (non-hydrogen) atoms. The van der Waals surface area contributed by atoms with Gasteiger partial charge in [0.2, 0.25) is 0 Å². The van der Waals surface area contributed by atoms with Crippen molar-refractivity contribution >= 4 is 17.9 Å². The van der Waals surface area contributed by atoms with Crippen molar-refractivity contribution in [3.8, 4) is 0 Å². The van der Waals surface area contributed by atoms with E-state index in [-0.39, 0.29) is 36.2 Å². The summed E-state index contributed by atoms with van der Waals surface area (Å²) in [5, 5.41) is 9.65. The average Bonchev–Trinajstić information content (AvgIpc) is 3.24. The van der Waals surface area contributed by atoms with E-state index < -0.39 is 18.1 Å². The molecular weight excluding hydrogens is 787 g/mol. The minimum absolute atomic E-state index is 0.0451. The van der Waals surface area contributed by atoms with Gasteiger partial charge in [-0.1, -0.05) is 228 Å². The Balaban J connectivity index is 4.29. The second-order valence-corrected chi connectivity index (χ2v) is 18.2. The lowest BCUT2D eigenvalue weighted by molar-refractivity contribution is -0.887. The largest absolute Gasteiger partial charge is 0.477 e. The molecule has 0 aromatic heterocycles. The third kappa shape index (κ3) is 43.8. The van der Waals surface area contributed by atoms with Gasteiger partial charge in [-0.05, 0) is 32.1 Å². The SMILES string of the molecule is CC/C=C/C=C/C=C/C=C/C=C/C=C/CCCCCC(=O)OCC(COCCC(C(=O)O)[N+](C)(C)C)OC(=O)CCCCCCCCCCCCCCCCCCCCCCCC. The van der Waals surface area contributed by atoms with Gasteiger partial charge in [0, 0.05) is 19.3 Å². The summed E-state index contributed by atoms with van der Waals surface area (Å²) in [5.74, 6) is -1.52. The van der Waals surface area contributed by atoms with Crippen molar-refractivity contribution in [2.75, 3.05) is 41.0 Å². The van der Waals surface area contributed by atoms with Gasteiger partial charge in [-0.15, -0.1) is 0 Å². The maximum absolute atomic E-state index is 12.8. The van der Waals surface area contributed by atoms with Gasteiger partial charge in [-0.3, -0.25) is 9.59 Å². The number of hydrogen-bond donors (Lipinski definition) is 1. The van der Waals surface area contributed by atoms with Crippen LogP contribution >= 0.6 is 0 Å². The predicted octanol–water partition coefficient (Wildman–Crippen LogP) is 14.7. The van der Waals surface area contributed by atoms with Crippen molar-refractivity contribution in [2.45, 2.75) is 219 Å². The lowest BCUT2D eigenvalue weighted by Crippen LogP contribution is -2.50. The normalized spacial score (nSPS) is 13.5. The number of unbranched alkanes of at least 4 members (excludes halogenated alkanes) is 24. The zero-order valence-electron chi connectivity index (χ0n) is 41.3. The van der Waals surface area contributed by atoms with Crippen LogP contribution in [0.1, 0.15) is 206 Å². The van der Waals surface area contributed by atoms with Crippen molar-refractivity contribution in [3.05, 3.63) is 72.9 Å². The molecule has 2 atom stereocenters. The number of nitrogens with zero attached hydrogens (tertiary/aromatic N) is 1. The molecule has 0 heterocycles. The molecule has 0 saturated heterocycles. The number of ether oxygens (including phenoxy) is 3. The summed E-state index contributed by atoms with van der Waals surface area (Å²) in [6, 6.07) is -0.625. The van der Waals surface area contributed by atoms with Crippen LogP contribution in [0, 0.1) is 0 Å². The highest BCUT2D eigenvalue weighted by Crippen LogP contribution is 2.16. The number of hydrogen-bond acceptors (Lipinski definition) is 6. The summed E-state index contributed by atoms with van der Waals surface area (Å²) < 4.78 is 17.3. The number of carboxylic acids is 1. The molecule has 0 radical (unpaired) electrons. The number of rotatable bonds is 45. The third-order valence-electron chi connectivity index (χ3n) is 11.3. The summed E-state index contributed by atoms with van der Waals surface area (Å²) in [7, 11) is 5.52. The monoisotopic (exact) mass is 883 g/mol. The summed E-state index contributed by atoms with van der Waals surface area (Å²) in [4.78, 5) is 37.1. The predicted molar refractivity (Wildman–Crippen MR) is 266 cm³/mol. The van der Waals surface area contributed by atoms with E-state index in [1.54, 1.807) is 0 Å². The second kappa shape index (κ2) is 45.3. The first kappa shape index (κ1) is 59.8. The summed E-state index contributed by atoms with van der Waals surface area (Å²) in [6.07, 6.45) is 58.1. The molecule has 0 aliphatic heterocycles. The van der Waals surface area contributed by atoms with Gasteiger partial charge in [0.15, 0.2) is 12.1 Å². The van der Waals surface area contributed by atoms with Gasteiger partial charge in [0.05, 0.1) is 34.4 Å². The number of allylic oxidation sites excluding steroid dienone is 12. The fourth-order valence-electron chi connectivity index (χ4n) is 7.36. The zero-order valence-corrected chi connectivity index (χ0v) is 41.3. The second-order valence-electron chi connectivity index (χ2n) is 18.2. The molecule has 0 aromatic carbocycles. The first-order valence-electron chi connectivity index (χ1n) is 25.6. The fourth-order valence-corrected chi connectivity index (χ4v) is 7.36. The summed E-state index contributed by atoms with van der Waals surface area (Å²) in [5.41, 5.74) is 0. The fraction of sp³-hybridized carbons (Fsp3) is 0.727. The molecule has 362 valence electrons. The molecule has 8 nitrogen and oxygen atoms in total. The van der Waals surface area contributed by atoms with Gasteiger partial charge in [0.1, 0.15) is 6.61 Å². The smallest absolute Gasteiger partial charge is 0.362 e. The van der Waals surface area contributed by atoms with Crippen LogP contribution in [-0.2, 0) is 28.6 Å². The molecule has 0 aromatic rings. The molecule has 8 heteroatoms. The third-order valence-corrected chi connectivity index (χ3v) is 11.3. The zero-order chi connectivity index (χ0) is 46.3. The van der Waals surface area contributed by atoms with Crippen molar-refractivity contribution in [1.82, 2.24) is 0 Å². The van der Waals surface area contributed by atoms with Crippen LogP contribution in [0.15, 0.2) is 72.9 Å². The van der Waals surface area contributed by atoms with Gasteiger partial charge in [-0.25, -0.2) is 4.79 Å². The van der Waals surface area contributed by atoms with Crippen LogP contribution in [0.5, 0.6) is 0 Å². The molecule has 0 fully saturated rings. The standard InChI is InChI=1S/C55H95NO7/c1-6-8-10-12-14-16-18-20-22-24-25-26-27-28-30-32-34-36-38-40-42-44-46-54(58)63-51(49-61-48-47-52(55(59)60)56(3,4)5)50-62-53(57)45-43-41-39-37-35-33-31-29-23-21-19-17-15-13-11-9-7-2/h9,11,13,15,17,19,21,23,29,31,33,35,51-52H,6-8,10,12,14,16,18,20,22,24-28,30,32,34,36-50H2,1-5H3/p+1/b11-9+,15-13+,19-17+,23-21+,31-29+,35-33+. The lowest BCUT2D eigenvalue weighted by atomic mass is 10.0. The van der Waals surface area contributed by atoms with Crippen LogP contribution < -0.4 is 0 Å². The highest BCUT2D eigenvalue weighted by molar-refractivity contribution is 5.72. The number of carbonyl (C=O) groups is 3. The Morgan fingerprint density at radius 3 is 1.32 bits per heavy atom. The topological polar surface area (TPSA) is 99.1 Å². The van der Waals surface area contributed by atoms with Crippen molar-refractivity contribution in [3.63, 3.8) is 0 Å².